The Kier molecular flexibility index (Phi) is 4.76. The van der Waals surface area contributed by atoms with Gasteiger partial charge in [0.2, 0.25) is 5.78 Å². The van der Waals surface area contributed by atoms with E-state index < -0.39 is 0 Å². The van der Waals surface area contributed by atoms with Crippen molar-refractivity contribution in [3.05, 3.63) is 64.9 Å². The van der Waals surface area contributed by atoms with Crippen LogP contribution < -0.4 is 9.47 Å². The van der Waals surface area contributed by atoms with Gasteiger partial charge in [0.15, 0.2) is 0 Å². The van der Waals surface area contributed by atoms with Crippen molar-refractivity contribution in [1.82, 2.24) is 4.98 Å². The summed E-state index contributed by atoms with van der Waals surface area (Å²) in [6.45, 7) is 1.94. The number of aromatic nitrogens is 1. The van der Waals surface area contributed by atoms with Crippen LogP contribution in [0.15, 0.2) is 48.2 Å². The highest BCUT2D eigenvalue weighted by molar-refractivity contribution is 6.20. The third-order valence-corrected chi connectivity index (χ3v) is 4.26. The first-order valence-electron chi connectivity index (χ1n) is 8.04. The Balaban J connectivity index is 2.07. The monoisotopic (exact) mass is 346 g/mol. The van der Waals surface area contributed by atoms with Crippen molar-refractivity contribution in [2.24, 2.45) is 0 Å². The van der Waals surface area contributed by atoms with Crippen LogP contribution in [0, 0.1) is 18.3 Å². The molecule has 0 saturated heterocycles. The van der Waals surface area contributed by atoms with E-state index in [9.17, 15) is 10.1 Å². The number of carbonyl (C=O) groups is 1. The maximum absolute atomic E-state index is 13.0. The molecule has 1 aromatic heterocycles. The lowest BCUT2D eigenvalue weighted by atomic mass is 9.99. The van der Waals surface area contributed by atoms with Crippen LogP contribution in [0.25, 0.3) is 17.0 Å². The number of aromatic amines is 1. The number of hydrogen-bond acceptors (Lipinski definition) is 4. The van der Waals surface area contributed by atoms with E-state index in [1.807, 2.05) is 31.2 Å². The SMILES string of the molecule is COc1ccc(C=C(C#N)C(=O)c2c[nH]c3cccc(C)c23)c(OC)c1. The molecule has 0 saturated carbocycles. The van der Waals surface area contributed by atoms with E-state index in [0.29, 0.717) is 22.6 Å². The molecule has 3 aromatic rings. The highest BCUT2D eigenvalue weighted by atomic mass is 16.5. The fourth-order valence-corrected chi connectivity index (χ4v) is 2.93. The molecule has 1 N–H and O–H groups in total. The van der Waals surface area contributed by atoms with Crippen molar-refractivity contribution >= 4 is 22.8 Å². The highest BCUT2D eigenvalue weighted by Gasteiger charge is 2.18. The molecule has 130 valence electrons. The van der Waals surface area contributed by atoms with Gasteiger partial charge in [0.1, 0.15) is 23.1 Å². The van der Waals surface area contributed by atoms with E-state index in [1.54, 1.807) is 31.5 Å². The fourth-order valence-electron chi connectivity index (χ4n) is 2.93. The molecule has 0 aliphatic rings. The van der Waals surface area contributed by atoms with Crippen molar-refractivity contribution in [3.8, 4) is 17.6 Å². The van der Waals surface area contributed by atoms with Crippen LogP contribution in [0.3, 0.4) is 0 Å². The minimum absolute atomic E-state index is 0.0395. The Morgan fingerprint density at radius 3 is 2.69 bits per heavy atom. The van der Waals surface area contributed by atoms with E-state index in [-0.39, 0.29) is 11.4 Å². The summed E-state index contributed by atoms with van der Waals surface area (Å²) in [5, 5.41) is 10.4. The fraction of sp³-hybridized carbons (Fsp3) is 0.143. The summed E-state index contributed by atoms with van der Waals surface area (Å²) in [5.41, 5.74) is 3.00. The lowest BCUT2D eigenvalue weighted by Gasteiger charge is -2.08. The van der Waals surface area contributed by atoms with Gasteiger partial charge in [-0.3, -0.25) is 4.79 Å². The first-order chi connectivity index (χ1) is 12.6. The van der Waals surface area contributed by atoms with Gasteiger partial charge in [-0.15, -0.1) is 0 Å². The Morgan fingerprint density at radius 2 is 2.00 bits per heavy atom. The number of Topliss-reactive ketones (excluding diaryl/α,β-unsaturated/α-hetero) is 1. The van der Waals surface area contributed by atoms with E-state index in [2.05, 4.69) is 4.98 Å². The van der Waals surface area contributed by atoms with Crippen LogP contribution in [0.2, 0.25) is 0 Å². The smallest absolute Gasteiger partial charge is 0.205 e. The predicted molar refractivity (Wildman–Crippen MR) is 101 cm³/mol. The number of fused-ring (bicyclic) bond motifs is 1. The van der Waals surface area contributed by atoms with Gasteiger partial charge in [-0.2, -0.15) is 5.26 Å². The number of ketones is 1. The van der Waals surface area contributed by atoms with E-state index in [4.69, 9.17) is 9.47 Å². The molecule has 0 atom stereocenters. The molecule has 5 nitrogen and oxygen atoms in total. The highest BCUT2D eigenvalue weighted by Crippen LogP contribution is 2.28. The number of allylic oxidation sites excluding steroid dienone is 1. The molecular formula is C21H18N2O3. The standard InChI is InChI=1S/C21H18N2O3/c1-13-5-4-6-18-20(13)17(12-23-18)21(24)15(11-22)9-14-7-8-16(25-2)10-19(14)26-3/h4-10,12,23H,1-3H3. The normalized spacial score (nSPS) is 11.2. The summed E-state index contributed by atoms with van der Waals surface area (Å²) >= 11 is 0. The first-order valence-corrected chi connectivity index (χ1v) is 8.04. The van der Waals surface area contributed by atoms with Gasteiger partial charge in [0.25, 0.3) is 0 Å². The van der Waals surface area contributed by atoms with Gasteiger partial charge in [-0.1, -0.05) is 12.1 Å². The van der Waals surface area contributed by atoms with Crippen LogP contribution in [0.5, 0.6) is 11.5 Å². The van der Waals surface area contributed by atoms with Crippen molar-refractivity contribution in [2.75, 3.05) is 14.2 Å². The molecular weight excluding hydrogens is 328 g/mol. The van der Waals surface area contributed by atoms with Gasteiger partial charge in [0, 0.05) is 34.3 Å². The van der Waals surface area contributed by atoms with Crippen molar-refractivity contribution < 1.29 is 14.3 Å². The molecule has 5 heteroatoms. The zero-order valence-corrected chi connectivity index (χ0v) is 14.8. The third-order valence-electron chi connectivity index (χ3n) is 4.26. The maximum atomic E-state index is 13.0. The lowest BCUT2D eigenvalue weighted by molar-refractivity contribution is 0.104. The third kappa shape index (κ3) is 3.05. The summed E-state index contributed by atoms with van der Waals surface area (Å²) in [5.74, 6) is 0.835. The van der Waals surface area contributed by atoms with Gasteiger partial charge in [-0.05, 0) is 36.8 Å². The van der Waals surface area contributed by atoms with Crippen molar-refractivity contribution in [2.45, 2.75) is 6.92 Å². The number of benzene rings is 2. The molecule has 0 spiro atoms. The van der Waals surface area contributed by atoms with Crippen LogP contribution in [0.4, 0.5) is 0 Å². The second-order valence-corrected chi connectivity index (χ2v) is 5.81. The molecule has 26 heavy (non-hydrogen) atoms. The Hall–Kier alpha value is -3.52. The average Bonchev–Trinajstić information content (AvgIpc) is 3.11. The second-order valence-electron chi connectivity index (χ2n) is 5.81. The molecule has 0 aliphatic heterocycles. The molecule has 0 aliphatic carbocycles. The minimum Gasteiger partial charge on any atom is -0.497 e. The number of ether oxygens (including phenoxy) is 2. The molecule has 0 amide bonds. The number of rotatable bonds is 5. The number of methoxy groups -OCH3 is 2. The Bertz CT molecular complexity index is 1050. The zero-order chi connectivity index (χ0) is 18.7. The molecule has 0 fully saturated rings. The molecule has 0 radical (unpaired) electrons. The summed E-state index contributed by atoms with van der Waals surface area (Å²) in [4.78, 5) is 16.0. The largest absolute Gasteiger partial charge is 0.497 e. The number of carbonyl (C=O) groups excluding carboxylic acids is 1. The number of nitrogens with zero attached hydrogens (tertiary/aromatic N) is 1. The second kappa shape index (κ2) is 7.16. The molecule has 0 bridgehead atoms. The molecule has 3 rings (SSSR count). The Morgan fingerprint density at radius 1 is 1.19 bits per heavy atom. The van der Waals surface area contributed by atoms with Gasteiger partial charge < -0.3 is 14.5 Å². The topological polar surface area (TPSA) is 75.1 Å². The molecule has 0 unspecified atom stereocenters. The maximum Gasteiger partial charge on any atom is 0.205 e. The zero-order valence-electron chi connectivity index (χ0n) is 14.8. The number of hydrogen-bond donors (Lipinski definition) is 1. The summed E-state index contributed by atoms with van der Waals surface area (Å²) in [6.07, 6.45) is 3.19. The number of nitrogens with one attached hydrogen (secondary N) is 1. The van der Waals surface area contributed by atoms with Crippen LogP contribution in [0.1, 0.15) is 21.5 Å². The van der Waals surface area contributed by atoms with Crippen molar-refractivity contribution in [3.63, 3.8) is 0 Å². The van der Waals surface area contributed by atoms with E-state index >= 15 is 0 Å². The van der Waals surface area contributed by atoms with Gasteiger partial charge >= 0.3 is 0 Å². The van der Waals surface area contributed by atoms with E-state index in [1.165, 1.54) is 13.2 Å². The summed E-state index contributed by atoms with van der Waals surface area (Å²) < 4.78 is 10.5. The van der Waals surface area contributed by atoms with E-state index in [0.717, 1.165) is 16.5 Å². The van der Waals surface area contributed by atoms with Gasteiger partial charge in [-0.25, -0.2) is 0 Å². The van der Waals surface area contributed by atoms with Crippen LogP contribution in [-0.4, -0.2) is 25.0 Å². The summed E-state index contributed by atoms with van der Waals surface area (Å²) in [7, 11) is 3.09. The van der Waals surface area contributed by atoms with Crippen LogP contribution >= 0.6 is 0 Å². The summed E-state index contributed by atoms with van der Waals surface area (Å²) in [6, 6.07) is 13.0. The molecule has 1 heterocycles. The number of nitriles is 1. The van der Waals surface area contributed by atoms with Crippen LogP contribution in [-0.2, 0) is 0 Å². The number of aryl methyl sites for hydroxylation is 1. The predicted octanol–water partition coefficient (Wildman–Crippen LogP) is 4.28. The quantitative estimate of drug-likeness (QED) is 0.425. The van der Waals surface area contributed by atoms with Crippen molar-refractivity contribution in [1.29, 1.82) is 5.26 Å². The van der Waals surface area contributed by atoms with Gasteiger partial charge in [0.05, 0.1) is 14.2 Å². The lowest BCUT2D eigenvalue weighted by Crippen LogP contribution is -2.02. The average molecular weight is 346 g/mol. The number of H-pyrrole nitrogens is 1. The minimum atomic E-state index is -0.328. The first kappa shape index (κ1) is 17.3. The Labute approximate surface area is 151 Å². The molecule has 2 aromatic carbocycles.